The fourth-order valence-corrected chi connectivity index (χ4v) is 5.47. The maximum absolute atomic E-state index is 12.8. The molecule has 0 fully saturated rings. The Kier molecular flexibility index (Phi) is 8.46. The van der Waals surface area contributed by atoms with Gasteiger partial charge in [0.1, 0.15) is 11.5 Å². The van der Waals surface area contributed by atoms with Crippen molar-refractivity contribution in [1.82, 2.24) is 0 Å². The first-order valence-electron chi connectivity index (χ1n) is 9.84. The van der Waals surface area contributed by atoms with Gasteiger partial charge in [0, 0.05) is 11.4 Å². The van der Waals surface area contributed by atoms with Gasteiger partial charge in [-0.2, -0.15) is 0 Å². The molecule has 0 spiro atoms. The number of amides is 1. The zero-order valence-electron chi connectivity index (χ0n) is 17.8. The molecule has 0 heterocycles. The number of unbranched alkanes of at least 4 members (excludes halogenated alkanes) is 2. The number of hydrogen-bond donors (Lipinski definition) is 2. The van der Waals surface area contributed by atoms with Crippen LogP contribution < -0.4 is 14.8 Å². The van der Waals surface area contributed by atoms with Crippen molar-refractivity contribution in [2.45, 2.75) is 38.0 Å². The van der Waals surface area contributed by atoms with Crippen molar-refractivity contribution >= 4 is 37.1 Å². The van der Waals surface area contributed by atoms with E-state index in [1.807, 2.05) is 6.92 Å². The largest absolute Gasteiger partial charge is 0.497 e. The Morgan fingerprint density at radius 1 is 0.968 bits per heavy atom. The molecule has 1 amide bonds. The lowest BCUT2D eigenvalue weighted by Gasteiger charge is -2.13. The van der Waals surface area contributed by atoms with Crippen molar-refractivity contribution in [2.24, 2.45) is 0 Å². The van der Waals surface area contributed by atoms with Gasteiger partial charge in [0.05, 0.1) is 17.8 Å². The van der Waals surface area contributed by atoms with Gasteiger partial charge in [0.25, 0.3) is 10.0 Å². The van der Waals surface area contributed by atoms with Crippen molar-refractivity contribution in [3.05, 3.63) is 48.0 Å². The Balaban J connectivity index is 2.14. The summed E-state index contributed by atoms with van der Waals surface area (Å²) >= 11 is 0. The topological polar surface area (TPSA) is 119 Å². The highest BCUT2D eigenvalue weighted by Crippen LogP contribution is 2.24. The first-order valence-corrected chi connectivity index (χ1v) is 13.1. The van der Waals surface area contributed by atoms with Gasteiger partial charge in [-0.1, -0.05) is 25.8 Å². The van der Waals surface area contributed by atoms with E-state index < -0.39 is 31.5 Å². The lowest BCUT2D eigenvalue weighted by molar-refractivity contribution is -0.113. The van der Waals surface area contributed by atoms with E-state index in [0.717, 1.165) is 12.8 Å². The number of benzene rings is 2. The molecule has 0 aromatic heterocycles. The highest BCUT2D eigenvalue weighted by Gasteiger charge is 2.20. The first-order chi connectivity index (χ1) is 14.6. The molecule has 8 nitrogen and oxygen atoms in total. The van der Waals surface area contributed by atoms with Crippen LogP contribution in [0.5, 0.6) is 5.75 Å². The first kappa shape index (κ1) is 24.7. The third-order valence-corrected chi connectivity index (χ3v) is 7.65. The molecule has 0 unspecified atom stereocenters. The van der Waals surface area contributed by atoms with Crippen LogP contribution in [0.25, 0.3) is 0 Å². The highest BCUT2D eigenvalue weighted by molar-refractivity contribution is 7.92. The van der Waals surface area contributed by atoms with Gasteiger partial charge in [0.2, 0.25) is 5.91 Å². The van der Waals surface area contributed by atoms with E-state index in [-0.39, 0.29) is 16.3 Å². The number of nitrogens with one attached hydrogen (secondary N) is 2. The predicted molar refractivity (Wildman–Crippen MR) is 122 cm³/mol. The Morgan fingerprint density at radius 3 is 2.23 bits per heavy atom. The maximum atomic E-state index is 12.8. The van der Waals surface area contributed by atoms with Gasteiger partial charge < -0.3 is 10.1 Å². The van der Waals surface area contributed by atoms with Crippen LogP contribution in [0.15, 0.2) is 47.4 Å². The molecule has 2 aromatic carbocycles. The number of rotatable bonds is 11. The number of carbonyl (C=O) groups is 1. The molecule has 0 aliphatic rings. The summed E-state index contributed by atoms with van der Waals surface area (Å²) in [4.78, 5) is 12.2. The van der Waals surface area contributed by atoms with Gasteiger partial charge in [-0.05, 0) is 55.3 Å². The van der Waals surface area contributed by atoms with Gasteiger partial charge in [-0.15, -0.1) is 0 Å². The molecule has 170 valence electrons. The Labute approximate surface area is 184 Å². The quantitative estimate of drug-likeness (QED) is 0.488. The lowest BCUT2D eigenvalue weighted by atomic mass is 10.2. The van der Waals surface area contributed by atoms with E-state index in [1.54, 1.807) is 37.3 Å². The fourth-order valence-electron chi connectivity index (χ4n) is 2.88. The molecule has 31 heavy (non-hydrogen) atoms. The molecular formula is C21H28N2O6S2. The summed E-state index contributed by atoms with van der Waals surface area (Å²) in [5, 5.41) is 2.48. The lowest BCUT2D eigenvalue weighted by Crippen LogP contribution is -2.25. The van der Waals surface area contributed by atoms with Crippen molar-refractivity contribution in [1.29, 1.82) is 0 Å². The number of anilines is 2. The van der Waals surface area contributed by atoms with E-state index >= 15 is 0 Å². The van der Waals surface area contributed by atoms with Crippen molar-refractivity contribution in [2.75, 3.05) is 28.7 Å². The van der Waals surface area contributed by atoms with E-state index in [0.29, 0.717) is 23.4 Å². The molecule has 0 saturated heterocycles. The molecule has 0 saturated carbocycles. The van der Waals surface area contributed by atoms with Gasteiger partial charge in [0.15, 0.2) is 9.84 Å². The summed E-state index contributed by atoms with van der Waals surface area (Å²) in [6, 6.07) is 10.8. The molecule has 0 atom stereocenters. The van der Waals surface area contributed by atoms with Crippen LogP contribution >= 0.6 is 0 Å². The summed E-state index contributed by atoms with van der Waals surface area (Å²) in [5.74, 6) is -0.801. The minimum atomic E-state index is -3.93. The van der Waals surface area contributed by atoms with Crippen LogP contribution in [0.1, 0.15) is 31.7 Å². The Bertz CT molecular complexity index is 1110. The van der Waals surface area contributed by atoms with Crippen molar-refractivity contribution < 1.29 is 26.4 Å². The average Bonchev–Trinajstić information content (AvgIpc) is 2.69. The van der Waals surface area contributed by atoms with Gasteiger partial charge in [-0.25, -0.2) is 16.8 Å². The molecule has 2 aromatic rings. The standard InChI is InChI=1S/C21H28N2O6S2/c1-4-5-6-13-30(25,26)15-21(24)22-18-8-7-16(2)20(14-18)31(27,28)23-17-9-11-19(29-3)12-10-17/h7-12,14,23H,4-6,13,15H2,1-3H3,(H,22,24). The SMILES string of the molecule is CCCCCS(=O)(=O)CC(=O)Nc1ccc(C)c(S(=O)(=O)Nc2ccc(OC)cc2)c1. The zero-order valence-corrected chi connectivity index (χ0v) is 19.5. The molecule has 0 radical (unpaired) electrons. The zero-order chi connectivity index (χ0) is 23.1. The molecular weight excluding hydrogens is 440 g/mol. The third-order valence-electron chi connectivity index (χ3n) is 4.51. The number of aryl methyl sites for hydroxylation is 1. The van der Waals surface area contributed by atoms with Crippen LogP contribution in [0.3, 0.4) is 0 Å². The molecule has 2 N–H and O–H groups in total. The number of sulfonamides is 1. The van der Waals surface area contributed by atoms with Crippen molar-refractivity contribution in [3.63, 3.8) is 0 Å². The number of hydrogen-bond acceptors (Lipinski definition) is 6. The maximum Gasteiger partial charge on any atom is 0.262 e. The molecule has 0 bridgehead atoms. The highest BCUT2D eigenvalue weighted by atomic mass is 32.2. The van der Waals surface area contributed by atoms with Gasteiger partial charge in [-0.3, -0.25) is 9.52 Å². The second-order valence-corrected chi connectivity index (χ2v) is 11.0. The fraction of sp³-hybridized carbons (Fsp3) is 0.381. The summed E-state index contributed by atoms with van der Waals surface area (Å²) in [6.07, 6.45) is 2.17. The van der Waals surface area contributed by atoms with Crippen LogP contribution in [0, 0.1) is 6.92 Å². The molecule has 0 aliphatic carbocycles. The number of ether oxygens (including phenoxy) is 1. The van der Waals surface area contributed by atoms with Crippen LogP contribution in [-0.2, 0) is 24.7 Å². The van der Waals surface area contributed by atoms with E-state index in [4.69, 9.17) is 4.74 Å². The van der Waals surface area contributed by atoms with Crippen LogP contribution in [-0.4, -0.2) is 41.4 Å². The number of sulfone groups is 1. The molecule has 10 heteroatoms. The summed E-state index contributed by atoms with van der Waals surface area (Å²) < 4.78 is 57.3. The van der Waals surface area contributed by atoms with E-state index in [2.05, 4.69) is 10.0 Å². The normalized spacial score (nSPS) is 11.7. The predicted octanol–water partition coefficient (Wildman–Crippen LogP) is 3.35. The Morgan fingerprint density at radius 2 is 1.61 bits per heavy atom. The third kappa shape index (κ3) is 7.55. The van der Waals surface area contributed by atoms with E-state index in [9.17, 15) is 21.6 Å². The van der Waals surface area contributed by atoms with Crippen molar-refractivity contribution in [3.8, 4) is 5.75 Å². The van der Waals surface area contributed by atoms with Crippen LogP contribution in [0.2, 0.25) is 0 Å². The summed E-state index contributed by atoms with van der Waals surface area (Å²) in [7, 11) is -5.94. The second-order valence-electron chi connectivity index (χ2n) is 7.16. The molecule has 0 aliphatic heterocycles. The second kappa shape index (κ2) is 10.6. The minimum Gasteiger partial charge on any atom is -0.497 e. The minimum absolute atomic E-state index is 0.0214. The summed E-state index contributed by atoms with van der Waals surface area (Å²) in [6.45, 7) is 3.60. The average molecular weight is 469 g/mol. The Hall–Kier alpha value is -2.59. The van der Waals surface area contributed by atoms with E-state index in [1.165, 1.54) is 19.2 Å². The number of methoxy groups -OCH3 is 1. The number of carbonyl (C=O) groups excluding carboxylic acids is 1. The monoisotopic (exact) mass is 468 g/mol. The van der Waals surface area contributed by atoms with Crippen LogP contribution in [0.4, 0.5) is 11.4 Å². The summed E-state index contributed by atoms with van der Waals surface area (Å²) in [5.41, 5.74) is 1.04. The van der Waals surface area contributed by atoms with Gasteiger partial charge >= 0.3 is 0 Å². The molecule has 2 rings (SSSR count). The smallest absolute Gasteiger partial charge is 0.262 e.